The third kappa shape index (κ3) is 7.81. The Morgan fingerprint density at radius 1 is 0.897 bits per heavy atom. The molecule has 2 aliphatic heterocycles. The highest BCUT2D eigenvalue weighted by Crippen LogP contribution is 2.37. The largest absolute Gasteiger partial charge is 0.395 e. The van der Waals surface area contributed by atoms with Crippen molar-refractivity contribution in [2.45, 2.75) is 98.4 Å². The molecule has 0 spiro atoms. The van der Waals surface area contributed by atoms with Gasteiger partial charge >= 0.3 is 0 Å². The van der Waals surface area contributed by atoms with Crippen LogP contribution >= 0.6 is 0 Å². The van der Waals surface area contributed by atoms with Gasteiger partial charge in [0.2, 0.25) is 0 Å². The lowest BCUT2D eigenvalue weighted by Gasteiger charge is -2.51. The van der Waals surface area contributed by atoms with Crippen LogP contribution in [0.5, 0.6) is 0 Å². The van der Waals surface area contributed by atoms with Gasteiger partial charge in [0.05, 0.1) is 43.7 Å². The van der Waals surface area contributed by atoms with Crippen LogP contribution in [0.15, 0.2) is 0 Å². The van der Waals surface area contributed by atoms with Crippen LogP contribution in [0.3, 0.4) is 0 Å². The fourth-order valence-electron chi connectivity index (χ4n) is 5.57. The van der Waals surface area contributed by atoms with E-state index in [2.05, 4.69) is 10.6 Å². The Morgan fingerprint density at radius 3 is 2.26 bits per heavy atom. The first-order valence-corrected chi connectivity index (χ1v) is 13.4. The summed E-state index contributed by atoms with van der Waals surface area (Å²) in [6.07, 6.45) is -15.3. The molecule has 16 heteroatoms. The van der Waals surface area contributed by atoms with E-state index in [0.717, 1.165) is 0 Å². The van der Waals surface area contributed by atoms with E-state index in [-0.39, 0.29) is 45.6 Å². The van der Waals surface area contributed by atoms with Crippen molar-refractivity contribution in [2.75, 3.05) is 39.4 Å². The molecule has 1 aliphatic carbocycles. The quantitative estimate of drug-likeness (QED) is 0.0970. The van der Waals surface area contributed by atoms with Crippen molar-refractivity contribution < 1.29 is 60.2 Å². The summed E-state index contributed by atoms with van der Waals surface area (Å²) < 4.78 is 17.5. The van der Waals surface area contributed by atoms with Crippen LogP contribution in [0.2, 0.25) is 0 Å². The highest BCUT2D eigenvalue weighted by Gasteiger charge is 2.55. The zero-order valence-electron chi connectivity index (χ0n) is 21.7. The van der Waals surface area contributed by atoms with Crippen LogP contribution in [0.4, 0.5) is 0 Å². The molecule has 1 saturated carbocycles. The lowest BCUT2D eigenvalue weighted by Crippen LogP contribution is -2.70. The number of rotatable bonds is 12. The number of ether oxygens (including phenoxy) is 3. The molecular formula is C23H46N4O12. The van der Waals surface area contributed by atoms with Gasteiger partial charge in [-0.15, -0.1) is 0 Å². The molecule has 0 aromatic heterocycles. The number of aliphatic hydroxyl groups excluding tert-OH is 9. The summed E-state index contributed by atoms with van der Waals surface area (Å²) in [5.41, 5.74) is 12.0. The summed E-state index contributed by atoms with van der Waals surface area (Å²) in [4.78, 5) is 0. The molecule has 0 amide bonds. The van der Waals surface area contributed by atoms with Crippen LogP contribution in [-0.2, 0) is 14.2 Å². The van der Waals surface area contributed by atoms with E-state index >= 15 is 0 Å². The number of hydrogen-bond acceptors (Lipinski definition) is 16. The van der Waals surface area contributed by atoms with Crippen LogP contribution < -0.4 is 22.1 Å². The molecule has 3 fully saturated rings. The zero-order chi connectivity index (χ0) is 28.9. The second kappa shape index (κ2) is 15.0. The molecule has 15 N–H and O–H groups in total. The molecule has 0 bridgehead atoms. The van der Waals surface area contributed by atoms with Crippen LogP contribution in [-0.4, -0.2) is 171 Å². The highest BCUT2D eigenvalue weighted by molar-refractivity contribution is 5.06. The molecule has 230 valence electrons. The van der Waals surface area contributed by atoms with Gasteiger partial charge in [-0.25, -0.2) is 0 Å². The maximum absolute atomic E-state index is 11.6. The number of hydrogen-bond donors (Lipinski definition) is 13. The number of nitrogens with two attached hydrogens (primary N) is 2. The summed E-state index contributed by atoms with van der Waals surface area (Å²) >= 11 is 0. The Bertz CT molecular complexity index is 731. The third-order valence-electron chi connectivity index (χ3n) is 7.80. The van der Waals surface area contributed by atoms with E-state index in [1.54, 1.807) is 0 Å². The van der Waals surface area contributed by atoms with Crippen molar-refractivity contribution in [1.29, 1.82) is 0 Å². The first-order valence-electron chi connectivity index (χ1n) is 13.4. The molecule has 3 rings (SSSR count). The first kappa shape index (κ1) is 32.9. The summed E-state index contributed by atoms with van der Waals surface area (Å²) in [6.45, 7) is -0.465. The summed E-state index contributed by atoms with van der Waals surface area (Å²) in [5, 5.41) is 98.3. The highest BCUT2D eigenvalue weighted by atomic mass is 16.7. The number of nitrogens with one attached hydrogen (secondary N) is 2. The molecule has 2 unspecified atom stereocenters. The molecule has 0 aromatic rings. The Morgan fingerprint density at radius 2 is 1.62 bits per heavy atom. The minimum atomic E-state index is -1.62. The first-order chi connectivity index (χ1) is 18.5. The average Bonchev–Trinajstić information content (AvgIpc) is 2.91. The second-order valence-electron chi connectivity index (χ2n) is 10.6. The van der Waals surface area contributed by atoms with Gasteiger partial charge in [0.1, 0.15) is 36.6 Å². The standard InChI is InChI=1S/C23H46N4O12/c24-5-9(30)6-27-11-3-10(25)16(22-20(36)19(35)17(33)14(37-22)7-26-1-2-28)18(34)21(11)39-23-13(32)4-12(31)15(8-29)38-23/h9-23,26-36H,1-8,24-25H2/t9?,10-,11+,12-,13+,14+,15+,16?,17+,18-,19-,20+,21-,22+,23+/m0/s1. The minimum absolute atomic E-state index is 0.0307. The molecule has 0 radical (unpaired) electrons. The van der Waals surface area contributed by atoms with Gasteiger partial charge < -0.3 is 82.3 Å². The van der Waals surface area contributed by atoms with E-state index < -0.39 is 98.0 Å². The predicted octanol–water partition coefficient (Wildman–Crippen LogP) is -7.38. The Kier molecular flexibility index (Phi) is 12.7. The van der Waals surface area contributed by atoms with Crippen molar-refractivity contribution in [3.8, 4) is 0 Å². The zero-order valence-corrected chi connectivity index (χ0v) is 21.7. The fraction of sp³-hybridized carbons (Fsp3) is 1.00. The molecule has 15 atom stereocenters. The molecule has 16 nitrogen and oxygen atoms in total. The summed E-state index contributed by atoms with van der Waals surface area (Å²) in [7, 11) is 0. The Balaban J connectivity index is 1.84. The monoisotopic (exact) mass is 570 g/mol. The SMILES string of the molecule is NCC(O)CN[C@@H]1C[C@H](N)C([C@H]2O[C@H](CNCCO)[C@@H](O)[C@H](O)[C@H]2O)[C@H](O)[C@H]1O[C@H]1O[C@H](CO)[C@@H](O)C[C@H]1O. The van der Waals surface area contributed by atoms with Crippen LogP contribution in [0.1, 0.15) is 12.8 Å². The molecule has 39 heavy (non-hydrogen) atoms. The second-order valence-corrected chi connectivity index (χ2v) is 10.6. The van der Waals surface area contributed by atoms with Gasteiger partial charge in [0.25, 0.3) is 0 Å². The Labute approximate surface area is 226 Å². The van der Waals surface area contributed by atoms with Gasteiger partial charge in [-0.2, -0.15) is 0 Å². The van der Waals surface area contributed by atoms with E-state index in [0.29, 0.717) is 0 Å². The smallest absolute Gasteiger partial charge is 0.184 e. The maximum Gasteiger partial charge on any atom is 0.184 e. The fourth-order valence-corrected chi connectivity index (χ4v) is 5.57. The van der Waals surface area contributed by atoms with Crippen LogP contribution in [0.25, 0.3) is 0 Å². The lowest BCUT2D eigenvalue weighted by molar-refractivity contribution is -0.306. The van der Waals surface area contributed by atoms with E-state index in [1.807, 2.05) is 0 Å². The van der Waals surface area contributed by atoms with Gasteiger partial charge in [-0.05, 0) is 6.42 Å². The summed E-state index contributed by atoms with van der Waals surface area (Å²) in [5.74, 6) is -1.02. The summed E-state index contributed by atoms with van der Waals surface area (Å²) in [6, 6.07) is -1.51. The van der Waals surface area contributed by atoms with Crippen molar-refractivity contribution in [1.82, 2.24) is 10.6 Å². The van der Waals surface area contributed by atoms with Crippen molar-refractivity contribution in [3.63, 3.8) is 0 Å². The lowest BCUT2D eigenvalue weighted by atomic mass is 9.72. The predicted molar refractivity (Wildman–Crippen MR) is 133 cm³/mol. The third-order valence-corrected chi connectivity index (χ3v) is 7.80. The molecule has 0 aromatic carbocycles. The van der Waals surface area contributed by atoms with Crippen molar-refractivity contribution >= 4 is 0 Å². The van der Waals surface area contributed by atoms with E-state index in [9.17, 15) is 40.9 Å². The maximum atomic E-state index is 11.6. The molecular weight excluding hydrogens is 524 g/mol. The average molecular weight is 571 g/mol. The molecule has 3 aliphatic rings. The van der Waals surface area contributed by atoms with Gasteiger partial charge in [0.15, 0.2) is 6.29 Å². The van der Waals surface area contributed by atoms with Gasteiger partial charge in [-0.3, -0.25) is 0 Å². The number of aliphatic hydroxyl groups is 9. The molecule has 2 saturated heterocycles. The molecule has 2 heterocycles. The normalized spacial score (nSPS) is 46.2. The Hall–Kier alpha value is -0.640. The van der Waals surface area contributed by atoms with Crippen molar-refractivity contribution in [3.05, 3.63) is 0 Å². The topological polar surface area (TPSA) is 286 Å². The van der Waals surface area contributed by atoms with Crippen LogP contribution in [0, 0.1) is 5.92 Å². The van der Waals surface area contributed by atoms with Gasteiger partial charge in [-0.1, -0.05) is 0 Å². The van der Waals surface area contributed by atoms with E-state index in [1.165, 1.54) is 0 Å². The van der Waals surface area contributed by atoms with Gasteiger partial charge in [0, 0.05) is 50.6 Å². The van der Waals surface area contributed by atoms with E-state index in [4.69, 9.17) is 30.8 Å². The van der Waals surface area contributed by atoms with Crippen molar-refractivity contribution in [2.24, 2.45) is 17.4 Å². The minimum Gasteiger partial charge on any atom is -0.395 e.